The minimum absolute atomic E-state index is 0.615. The van der Waals surface area contributed by atoms with Crippen LogP contribution < -0.4 is 9.47 Å². The van der Waals surface area contributed by atoms with Gasteiger partial charge < -0.3 is 14.4 Å². The van der Waals surface area contributed by atoms with Gasteiger partial charge in [0.05, 0.1) is 13.7 Å². The van der Waals surface area contributed by atoms with E-state index in [1.54, 1.807) is 7.11 Å². The summed E-state index contributed by atoms with van der Waals surface area (Å²) in [5.74, 6) is 1.49. The quantitative estimate of drug-likeness (QED) is 0.724. The van der Waals surface area contributed by atoms with Crippen LogP contribution in [0.3, 0.4) is 0 Å². The number of hydrogen-bond donors (Lipinski definition) is 0. The number of benzene rings is 2. The van der Waals surface area contributed by atoms with Crippen LogP contribution in [-0.4, -0.2) is 54.7 Å². The first-order valence-corrected chi connectivity index (χ1v) is 9.48. The van der Waals surface area contributed by atoms with Crippen molar-refractivity contribution in [1.29, 1.82) is 0 Å². The molecule has 0 unspecified atom stereocenters. The monoisotopic (exact) mass is 370 g/mol. The molecular weight excluding hydrogens is 344 g/mol. The average Bonchev–Trinajstić information content (AvgIpc) is 2.69. The lowest BCUT2D eigenvalue weighted by molar-refractivity contribution is 0.177. The standard InChI is InChI=1S/C21H26N2O2S/c1-3-25-19-10-9-18(15-20(19)24-2)21(26)23-13-11-22(12-14-23)16-17-7-5-4-6-8-17/h4-10,15H,3,11-14,16H2,1-2H3. The molecule has 0 atom stereocenters. The van der Waals surface area contributed by atoms with E-state index in [0.29, 0.717) is 6.61 Å². The summed E-state index contributed by atoms with van der Waals surface area (Å²) < 4.78 is 11.0. The molecule has 2 aromatic carbocycles. The van der Waals surface area contributed by atoms with Crippen molar-refractivity contribution in [3.63, 3.8) is 0 Å². The van der Waals surface area contributed by atoms with E-state index in [4.69, 9.17) is 21.7 Å². The first-order chi connectivity index (χ1) is 12.7. The summed E-state index contributed by atoms with van der Waals surface area (Å²) in [6, 6.07) is 16.6. The summed E-state index contributed by atoms with van der Waals surface area (Å²) in [4.78, 5) is 5.64. The molecule has 0 saturated carbocycles. The fraction of sp³-hybridized carbons (Fsp3) is 0.381. The van der Waals surface area contributed by atoms with E-state index in [1.807, 2.05) is 25.1 Å². The van der Waals surface area contributed by atoms with Gasteiger partial charge >= 0.3 is 0 Å². The lowest BCUT2D eigenvalue weighted by atomic mass is 10.1. The van der Waals surface area contributed by atoms with E-state index < -0.39 is 0 Å². The number of piperazine rings is 1. The van der Waals surface area contributed by atoms with Gasteiger partial charge in [-0.05, 0) is 30.7 Å². The van der Waals surface area contributed by atoms with Gasteiger partial charge in [-0.15, -0.1) is 0 Å². The molecule has 4 nitrogen and oxygen atoms in total. The number of thiocarbonyl (C=S) groups is 1. The van der Waals surface area contributed by atoms with Crippen molar-refractivity contribution < 1.29 is 9.47 Å². The van der Waals surface area contributed by atoms with Gasteiger partial charge in [0.2, 0.25) is 0 Å². The third kappa shape index (κ3) is 4.54. The van der Waals surface area contributed by atoms with Gasteiger partial charge in [0.1, 0.15) is 4.99 Å². The Morgan fingerprint density at radius 1 is 1.00 bits per heavy atom. The van der Waals surface area contributed by atoms with E-state index in [0.717, 1.165) is 54.8 Å². The molecule has 1 aliphatic rings. The highest BCUT2D eigenvalue weighted by Gasteiger charge is 2.20. The summed E-state index contributed by atoms with van der Waals surface area (Å²) in [7, 11) is 1.66. The van der Waals surface area contributed by atoms with Crippen LogP contribution in [0, 0.1) is 0 Å². The molecule has 0 N–H and O–H groups in total. The molecule has 1 heterocycles. The number of hydrogen-bond acceptors (Lipinski definition) is 4. The third-order valence-corrected chi connectivity index (χ3v) is 5.11. The van der Waals surface area contributed by atoms with Gasteiger partial charge in [0.25, 0.3) is 0 Å². The van der Waals surface area contributed by atoms with E-state index in [9.17, 15) is 0 Å². The fourth-order valence-electron chi connectivity index (χ4n) is 3.21. The first kappa shape index (κ1) is 18.7. The first-order valence-electron chi connectivity index (χ1n) is 9.07. The lowest BCUT2D eigenvalue weighted by Gasteiger charge is -2.36. The molecule has 1 aliphatic heterocycles. The predicted molar refractivity (Wildman–Crippen MR) is 109 cm³/mol. The zero-order valence-corrected chi connectivity index (χ0v) is 16.3. The highest BCUT2D eigenvalue weighted by Crippen LogP contribution is 2.29. The SMILES string of the molecule is CCOc1ccc(C(=S)N2CCN(Cc3ccccc3)CC2)cc1OC. The van der Waals surface area contributed by atoms with Crippen molar-refractivity contribution in [2.75, 3.05) is 39.9 Å². The second kappa shape index (κ2) is 9.01. The summed E-state index contributed by atoms with van der Waals surface area (Å²) in [6.07, 6.45) is 0. The van der Waals surface area contributed by atoms with Gasteiger partial charge in [-0.2, -0.15) is 0 Å². The van der Waals surface area contributed by atoms with Crippen LogP contribution in [0.25, 0.3) is 0 Å². The lowest BCUT2D eigenvalue weighted by Crippen LogP contribution is -2.48. The van der Waals surface area contributed by atoms with Crippen molar-refractivity contribution in [2.45, 2.75) is 13.5 Å². The minimum atomic E-state index is 0.615. The van der Waals surface area contributed by atoms with Crippen LogP contribution in [0.1, 0.15) is 18.1 Å². The van der Waals surface area contributed by atoms with Crippen molar-refractivity contribution >= 4 is 17.2 Å². The number of ether oxygens (including phenoxy) is 2. The summed E-state index contributed by atoms with van der Waals surface area (Å²) in [5, 5.41) is 0. The molecule has 0 bridgehead atoms. The summed E-state index contributed by atoms with van der Waals surface area (Å²) in [5.41, 5.74) is 2.37. The number of nitrogens with zero attached hydrogens (tertiary/aromatic N) is 2. The van der Waals surface area contributed by atoms with Crippen molar-refractivity contribution in [1.82, 2.24) is 9.80 Å². The summed E-state index contributed by atoms with van der Waals surface area (Å²) in [6.45, 7) is 7.50. The Kier molecular flexibility index (Phi) is 6.47. The smallest absolute Gasteiger partial charge is 0.161 e. The number of rotatable bonds is 6. The van der Waals surface area contributed by atoms with E-state index in [1.165, 1.54) is 5.56 Å². The molecule has 0 amide bonds. The van der Waals surface area contributed by atoms with Crippen molar-refractivity contribution in [3.05, 3.63) is 59.7 Å². The minimum Gasteiger partial charge on any atom is -0.493 e. The van der Waals surface area contributed by atoms with Crippen molar-refractivity contribution in [2.24, 2.45) is 0 Å². The Morgan fingerprint density at radius 3 is 2.38 bits per heavy atom. The van der Waals surface area contributed by atoms with Crippen LogP contribution in [0.2, 0.25) is 0 Å². The predicted octanol–water partition coefficient (Wildman–Crippen LogP) is 3.59. The molecule has 1 saturated heterocycles. The second-order valence-electron chi connectivity index (χ2n) is 6.35. The molecule has 3 rings (SSSR count). The average molecular weight is 371 g/mol. The molecule has 0 radical (unpaired) electrons. The number of methoxy groups -OCH3 is 1. The van der Waals surface area contributed by atoms with Crippen molar-refractivity contribution in [3.8, 4) is 11.5 Å². The Hall–Kier alpha value is -2.11. The Bertz CT molecular complexity index is 728. The van der Waals surface area contributed by atoms with Crippen LogP contribution in [-0.2, 0) is 6.54 Å². The van der Waals surface area contributed by atoms with Gasteiger partial charge in [0.15, 0.2) is 11.5 Å². The topological polar surface area (TPSA) is 24.9 Å². The van der Waals surface area contributed by atoms with Crippen LogP contribution in [0.4, 0.5) is 0 Å². The highest BCUT2D eigenvalue weighted by atomic mass is 32.1. The maximum absolute atomic E-state index is 5.74. The third-order valence-electron chi connectivity index (χ3n) is 4.62. The van der Waals surface area contributed by atoms with E-state index >= 15 is 0 Å². The normalized spacial score (nSPS) is 14.9. The van der Waals surface area contributed by atoms with Gasteiger partial charge in [-0.1, -0.05) is 42.5 Å². The molecular formula is C21H26N2O2S. The largest absolute Gasteiger partial charge is 0.493 e. The highest BCUT2D eigenvalue weighted by molar-refractivity contribution is 7.80. The molecule has 0 spiro atoms. The maximum atomic E-state index is 5.74. The molecule has 26 heavy (non-hydrogen) atoms. The van der Waals surface area contributed by atoms with Gasteiger partial charge in [0, 0.05) is 38.3 Å². The Balaban J connectivity index is 1.59. The molecule has 5 heteroatoms. The second-order valence-corrected chi connectivity index (χ2v) is 6.74. The molecule has 0 aliphatic carbocycles. The van der Waals surface area contributed by atoms with E-state index in [2.05, 4.69) is 40.1 Å². The van der Waals surface area contributed by atoms with Crippen LogP contribution >= 0.6 is 12.2 Å². The van der Waals surface area contributed by atoms with Gasteiger partial charge in [-0.3, -0.25) is 4.90 Å². The zero-order valence-electron chi connectivity index (χ0n) is 15.5. The molecule has 138 valence electrons. The Labute approximate surface area is 161 Å². The molecule has 1 fully saturated rings. The summed E-state index contributed by atoms with van der Waals surface area (Å²) >= 11 is 5.74. The zero-order chi connectivity index (χ0) is 18.4. The van der Waals surface area contributed by atoms with Crippen LogP contribution in [0.15, 0.2) is 48.5 Å². The van der Waals surface area contributed by atoms with Crippen LogP contribution in [0.5, 0.6) is 11.5 Å². The fourth-order valence-corrected chi connectivity index (χ4v) is 3.52. The van der Waals surface area contributed by atoms with E-state index in [-0.39, 0.29) is 0 Å². The molecule has 0 aromatic heterocycles. The maximum Gasteiger partial charge on any atom is 0.161 e. The molecule has 2 aromatic rings. The Morgan fingerprint density at radius 2 is 1.73 bits per heavy atom. The van der Waals surface area contributed by atoms with Gasteiger partial charge in [-0.25, -0.2) is 0 Å².